The summed E-state index contributed by atoms with van der Waals surface area (Å²) in [6, 6.07) is 3.64. The first kappa shape index (κ1) is 21.6. The highest BCUT2D eigenvalue weighted by molar-refractivity contribution is 7.99. The molecule has 146 valence electrons. The molecule has 3 rings (SSSR count). The first-order valence-corrected chi connectivity index (χ1v) is 10.6. The lowest BCUT2D eigenvalue weighted by Gasteiger charge is -2.10. The molecular formula is C17H22ClN5O2S2. The van der Waals surface area contributed by atoms with Gasteiger partial charge in [0.1, 0.15) is 15.7 Å². The summed E-state index contributed by atoms with van der Waals surface area (Å²) in [5.41, 5.74) is 7.34. The average Bonchev–Trinajstić information content (AvgIpc) is 3.02. The fourth-order valence-electron chi connectivity index (χ4n) is 2.12. The third-order valence-corrected chi connectivity index (χ3v) is 5.69. The summed E-state index contributed by atoms with van der Waals surface area (Å²) < 4.78 is 0.588. The Morgan fingerprint density at radius 3 is 2.74 bits per heavy atom. The van der Waals surface area contributed by atoms with E-state index in [0.717, 1.165) is 29.7 Å². The maximum absolute atomic E-state index is 11.3. The van der Waals surface area contributed by atoms with Crippen LogP contribution in [0.1, 0.15) is 43.9 Å². The number of nitrogens with two attached hydrogens (primary N) is 1. The van der Waals surface area contributed by atoms with Crippen LogP contribution in [-0.2, 0) is 0 Å². The van der Waals surface area contributed by atoms with E-state index in [4.69, 9.17) is 22.4 Å². The minimum absolute atomic E-state index is 0.0805. The van der Waals surface area contributed by atoms with Gasteiger partial charge in [0.05, 0.1) is 0 Å². The Morgan fingerprint density at radius 1 is 1.37 bits per heavy atom. The molecule has 27 heavy (non-hydrogen) atoms. The topological polar surface area (TPSA) is 118 Å². The second-order valence-electron chi connectivity index (χ2n) is 5.69. The predicted octanol–water partition coefficient (Wildman–Crippen LogP) is 4.03. The smallest absolute Gasteiger partial charge is 0.306 e. The zero-order valence-electron chi connectivity index (χ0n) is 15.1. The largest absolute Gasteiger partial charge is 0.396 e. The molecular weight excluding hydrogens is 406 g/mol. The number of fused-ring (bicyclic) bond motifs is 1. The molecule has 0 aliphatic rings. The highest BCUT2D eigenvalue weighted by Crippen LogP contribution is 2.34. The third-order valence-electron chi connectivity index (χ3n) is 3.55. The molecule has 0 saturated heterocycles. The maximum atomic E-state index is 11.3. The number of aromatic nitrogens is 4. The Labute approximate surface area is 170 Å². The molecule has 10 heteroatoms. The van der Waals surface area contributed by atoms with Gasteiger partial charge >= 0.3 is 4.87 Å². The van der Waals surface area contributed by atoms with Gasteiger partial charge in [-0.1, -0.05) is 60.5 Å². The van der Waals surface area contributed by atoms with Crippen molar-refractivity contribution in [3.05, 3.63) is 38.7 Å². The molecule has 3 aromatic rings. The molecule has 3 aromatic heterocycles. The van der Waals surface area contributed by atoms with Gasteiger partial charge in [0.2, 0.25) is 0 Å². The lowest BCUT2D eigenvalue weighted by atomic mass is 10.2. The molecule has 0 aliphatic heterocycles. The number of nitrogen functional groups attached to an aromatic ring is 1. The number of rotatable bonds is 6. The molecule has 3 heterocycles. The summed E-state index contributed by atoms with van der Waals surface area (Å²) in [7, 11) is 0. The minimum atomic E-state index is -0.192. The quantitative estimate of drug-likeness (QED) is 0.235. The zero-order valence-corrected chi connectivity index (χ0v) is 17.5. The minimum Gasteiger partial charge on any atom is -0.396 e. The van der Waals surface area contributed by atoms with Crippen LogP contribution in [0.3, 0.4) is 0 Å². The second kappa shape index (κ2) is 10.6. The van der Waals surface area contributed by atoms with Gasteiger partial charge < -0.3 is 10.8 Å². The van der Waals surface area contributed by atoms with E-state index in [1.54, 1.807) is 12.3 Å². The number of hydrogen-bond donors (Lipinski definition) is 3. The Hall–Kier alpha value is -1.68. The number of unbranched alkanes of at least 4 members (excludes halogenated alkanes) is 2. The molecule has 0 spiro atoms. The number of thiazole rings is 1. The maximum Gasteiger partial charge on any atom is 0.306 e. The summed E-state index contributed by atoms with van der Waals surface area (Å²) >= 11 is 8.22. The molecule has 0 fully saturated rings. The van der Waals surface area contributed by atoms with Crippen molar-refractivity contribution in [2.75, 3.05) is 12.3 Å². The highest BCUT2D eigenvalue weighted by Gasteiger charge is 2.14. The van der Waals surface area contributed by atoms with Crippen LogP contribution in [0.2, 0.25) is 5.15 Å². The van der Waals surface area contributed by atoms with Crippen LogP contribution in [0.4, 0.5) is 5.82 Å². The lowest BCUT2D eigenvalue weighted by molar-refractivity contribution is 0.284. The summed E-state index contributed by atoms with van der Waals surface area (Å²) in [5.74, 6) is 0.312. The molecule has 1 unspecified atom stereocenters. The van der Waals surface area contributed by atoms with Gasteiger partial charge in [0.25, 0.3) is 0 Å². The Balaban J connectivity index is 0.000000380. The van der Waals surface area contributed by atoms with E-state index >= 15 is 0 Å². The Bertz CT molecular complexity index is 910. The molecule has 0 amide bonds. The van der Waals surface area contributed by atoms with Crippen molar-refractivity contribution in [2.45, 2.75) is 43.5 Å². The van der Waals surface area contributed by atoms with Crippen molar-refractivity contribution >= 4 is 50.9 Å². The van der Waals surface area contributed by atoms with Crippen LogP contribution < -0.4 is 10.6 Å². The number of anilines is 1. The van der Waals surface area contributed by atoms with Crippen LogP contribution in [0.5, 0.6) is 0 Å². The van der Waals surface area contributed by atoms with Crippen molar-refractivity contribution in [3.63, 3.8) is 0 Å². The van der Waals surface area contributed by atoms with Gasteiger partial charge in [0.15, 0.2) is 10.8 Å². The normalized spacial score (nSPS) is 11.9. The van der Waals surface area contributed by atoms with E-state index in [2.05, 4.69) is 26.9 Å². The number of pyridine rings is 1. The summed E-state index contributed by atoms with van der Waals surface area (Å²) in [6.45, 7) is 4.49. The van der Waals surface area contributed by atoms with Crippen LogP contribution in [0.15, 0.2) is 28.3 Å². The van der Waals surface area contributed by atoms with Crippen molar-refractivity contribution in [2.24, 2.45) is 0 Å². The first-order chi connectivity index (χ1) is 12.9. The van der Waals surface area contributed by atoms with E-state index in [0.29, 0.717) is 33.1 Å². The Kier molecular flexibility index (Phi) is 8.49. The van der Waals surface area contributed by atoms with Crippen molar-refractivity contribution in [1.82, 2.24) is 19.9 Å². The number of H-pyrrole nitrogens is 1. The van der Waals surface area contributed by atoms with E-state index < -0.39 is 0 Å². The fourth-order valence-corrected chi connectivity index (χ4v) is 3.79. The average molecular weight is 428 g/mol. The number of thioether (sulfide) groups is 1. The number of aromatic amines is 1. The van der Waals surface area contributed by atoms with Crippen molar-refractivity contribution in [1.29, 1.82) is 0 Å². The molecule has 4 N–H and O–H groups in total. The number of aliphatic hydroxyl groups excluding tert-OH is 1. The standard InChI is InChI=1S/C12H10ClN5OS2.C5H12O/c1-5(6-2-3-7(13)15-4-6)20-11-16-9(14)8-10(17-11)18-12(19)21-8;1-2-3-4-5-6/h2-5H,1H3,(H3,14,16,17,18,19);6H,2-5H2,1H3. The van der Waals surface area contributed by atoms with Crippen LogP contribution in [-0.4, -0.2) is 31.6 Å². The monoisotopic (exact) mass is 427 g/mol. The number of nitrogens with one attached hydrogen (secondary N) is 1. The first-order valence-electron chi connectivity index (χ1n) is 8.49. The number of halogens is 1. The number of nitrogens with zero attached hydrogens (tertiary/aromatic N) is 3. The molecule has 0 bridgehead atoms. The lowest BCUT2D eigenvalue weighted by Crippen LogP contribution is -1.98. The third kappa shape index (κ3) is 6.46. The molecule has 1 atom stereocenters. The Morgan fingerprint density at radius 2 is 2.15 bits per heavy atom. The van der Waals surface area contributed by atoms with E-state index in [-0.39, 0.29) is 10.1 Å². The van der Waals surface area contributed by atoms with E-state index in [1.165, 1.54) is 18.2 Å². The van der Waals surface area contributed by atoms with Gasteiger partial charge in [-0.2, -0.15) is 0 Å². The highest BCUT2D eigenvalue weighted by atomic mass is 35.5. The van der Waals surface area contributed by atoms with Gasteiger partial charge in [-0.3, -0.25) is 9.78 Å². The van der Waals surface area contributed by atoms with E-state index in [9.17, 15) is 4.79 Å². The van der Waals surface area contributed by atoms with Crippen LogP contribution >= 0.6 is 34.7 Å². The van der Waals surface area contributed by atoms with Crippen LogP contribution in [0, 0.1) is 0 Å². The molecule has 0 aromatic carbocycles. The van der Waals surface area contributed by atoms with Crippen molar-refractivity contribution in [3.8, 4) is 0 Å². The summed E-state index contributed by atoms with van der Waals surface area (Å²) in [4.78, 5) is 26.4. The number of hydrogen-bond acceptors (Lipinski definition) is 8. The second-order valence-corrected chi connectivity index (χ2v) is 8.37. The molecule has 7 nitrogen and oxygen atoms in total. The summed E-state index contributed by atoms with van der Waals surface area (Å²) in [5, 5.41) is 9.24. The fraction of sp³-hybridized carbons (Fsp3) is 0.412. The van der Waals surface area contributed by atoms with Gasteiger partial charge in [-0.05, 0) is 25.0 Å². The SMILES string of the molecule is CC(Sc1nc(N)c2sc(=O)[nH]c2n1)c1ccc(Cl)nc1.CCCCCO. The zero-order chi connectivity index (χ0) is 19.8. The van der Waals surface area contributed by atoms with Gasteiger partial charge in [-0.15, -0.1) is 0 Å². The van der Waals surface area contributed by atoms with Crippen LogP contribution in [0.25, 0.3) is 10.3 Å². The van der Waals surface area contributed by atoms with Gasteiger partial charge in [-0.25, -0.2) is 15.0 Å². The van der Waals surface area contributed by atoms with E-state index in [1.807, 2.05) is 13.0 Å². The van der Waals surface area contributed by atoms with Gasteiger partial charge in [0, 0.05) is 18.1 Å². The predicted molar refractivity (Wildman–Crippen MR) is 113 cm³/mol. The number of aliphatic hydroxyl groups is 1. The van der Waals surface area contributed by atoms with Crippen molar-refractivity contribution < 1.29 is 5.11 Å². The molecule has 0 saturated carbocycles. The molecule has 0 radical (unpaired) electrons. The summed E-state index contributed by atoms with van der Waals surface area (Å²) in [6.07, 6.45) is 5.04. The molecule has 0 aliphatic carbocycles.